The Balaban J connectivity index is 1.98. The molecule has 182 valence electrons. The van der Waals surface area contributed by atoms with E-state index < -0.39 is 10.3 Å². The number of nitrogens with zero attached hydrogens (tertiary/aromatic N) is 3. The van der Waals surface area contributed by atoms with E-state index in [0.29, 0.717) is 5.56 Å². The van der Waals surface area contributed by atoms with Gasteiger partial charge in [-0.05, 0) is 41.2 Å². The molecule has 36 heavy (non-hydrogen) atoms. The maximum Gasteiger partial charge on any atom is 0.296 e. The molecule has 0 aliphatic rings. The Morgan fingerprint density at radius 1 is 0.694 bits per heavy atom. The van der Waals surface area contributed by atoms with Gasteiger partial charge in [0, 0.05) is 17.0 Å². The van der Waals surface area contributed by atoms with Crippen molar-refractivity contribution in [2.45, 2.75) is 38.5 Å². The van der Waals surface area contributed by atoms with Gasteiger partial charge in [-0.3, -0.25) is 10.1 Å². The molecule has 4 aromatic carbocycles. The molecule has 4 aromatic rings. The fourth-order valence-electron chi connectivity index (χ4n) is 4.34. The zero-order valence-electron chi connectivity index (χ0n) is 20.8. The summed E-state index contributed by atoms with van der Waals surface area (Å²) in [6.45, 7) is 8.36. The summed E-state index contributed by atoms with van der Waals surface area (Å²) in [7, 11) is 0. The van der Waals surface area contributed by atoms with E-state index in [2.05, 4.69) is 37.9 Å². The summed E-state index contributed by atoms with van der Waals surface area (Å²) < 4.78 is 0. The Bertz CT molecular complexity index is 1370. The average molecular weight is 480 g/mol. The summed E-state index contributed by atoms with van der Waals surface area (Å²) in [6, 6.07) is 30.0. The zero-order chi connectivity index (χ0) is 25.9. The van der Waals surface area contributed by atoms with Crippen LogP contribution in [0.4, 0.5) is 17.1 Å². The highest BCUT2D eigenvalue weighted by Gasteiger charge is 2.35. The van der Waals surface area contributed by atoms with Gasteiger partial charge >= 0.3 is 0 Å². The number of aromatic hydroxyl groups is 1. The van der Waals surface area contributed by atoms with Crippen LogP contribution in [0.3, 0.4) is 0 Å². The van der Waals surface area contributed by atoms with Crippen LogP contribution in [0.2, 0.25) is 0 Å². The zero-order valence-corrected chi connectivity index (χ0v) is 20.8. The molecule has 0 unspecified atom stereocenters. The number of azo groups is 1. The summed E-state index contributed by atoms with van der Waals surface area (Å²) in [5.41, 5.74) is 2.96. The van der Waals surface area contributed by atoms with E-state index in [-0.39, 0.29) is 28.2 Å². The van der Waals surface area contributed by atoms with Crippen molar-refractivity contribution in [1.82, 2.24) is 0 Å². The predicted molar refractivity (Wildman–Crippen MR) is 143 cm³/mol. The quantitative estimate of drug-likeness (QED) is 0.130. The third kappa shape index (κ3) is 4.75. The van der Waals surface area contributed by atoms with E-state index in [1.165, 1.54) is 12.1 Å². The minimum Gasteiger partial charge on any atom is -0.505 e. The Kier molecular flexibility index (Phi) is 6.71. The average Bonchev–Trinajstić information content (AvgIpc) is 2.88. The first kappa shape index (κ1) is 24.8. The lowest BCUT2D eigenvalue weighted by atomic mass is 9.69. The highest BCUT2D eigenvalue weighted by molar-refractivity contribution is 5.65. The van der Waals surface area contributed by atoms with Crippen LogP contribution in [0.1, 0.15) is 49.9 Å². The van der Waals surface area contributed by atoms with Crippen molar-refractivity contribution in [3.8, 4) is 5.75 Å². The number of rotatable bonds is 6. The number of benzene rings is 4. The molecule has 0 aromatic heterocycles. The first-order valence-electron chi connectivity index (χ1n) is 11.8. The smallest absolute Gasteiger partial charge is 0.296 e. The van der Waals surface area contributed by atoms with E-state index in [9.17, 15) is 15.2 Å². The minimum atomic E-state index is -0.698. The Hall–Kier alpha value is -4.32. The van der Waals surface area contributed by atoms with Crippen LogP contribution in [0.15, 0.2) is 107 Å². The molecule has 0 aliphatic carbocycles. The summed E-state index contributed by atoms with van der Waals surface area (Å²) in [5.74, 6) is -0.0134. The Morgan fingerprint density at radius 2 is 1.19 bits per heavy atom. The maximum absolute atomic E-state index is 11.6. The lowest BCUT2D eigenvalue weighted by Crippen LogP contribution is -2.26. The molecule has 0 bridgehead atoms. The van der Waals surface area contributed by atoms with Crippen molar-refractivity contribution >= 4 is 17.1 Å². The molecular weight excluding hydrogens is 450 g/mol. The van der Waals surface area contributed by atoms with Gasteiger partial charge in [-0.15, -0.1) is 10.2 Å². The number of hydrogen-bond acceptors (Lipinski definition) is 5. The van der Waals surface area contributed by atoms with Gasteiger partial charge in [0.2, 0.25) is 0 Å². The van der Waals surface area contributed by atoms with Gasteiger partial charge < -0.3 is 5.11 Å². The number of phenols is 1. The number of phenolic OH excluding ortho intramolecular Hbond substituents is 1. The third-order valence-electron chi connectivity index (χ3n) is 6.54. The molecule has 0 saturated carbocycles. The maximum atomic E-state index is 11.6. The standard InChI is InChI=1S/C30H29N3O3/c1-29(2,3)23-19-24(30(4,21-13-7-5-8-14-21)22-15-9-6-10-16-22)28(34)26(20-23)32-31-25-17-11-12-18-27(25)33(35)36/h5-20,34H,1-4H3/b32-31+. The molecule has 0 spiro atoms. The van der Waals surface area contributed by atoms with E-state index >= 15 is 0 Å². The van der Waals surface area contributed by atoms with E-state index in [0.717, 1.165) is 16.7 Å². The monoisotopic (exact) mass is 479 g/mol. The first-order valence-corrected chi connectivity index (χ1v) is 11.8. The predicted octanol–water partition coefficient (Wildman–Crippen LogP) is 8.37. The van der Waals surface area contributed by atoms with Gasteiger partial charge in [0.25, 0.3) is 5.69 Å². The largest absolute Gasteiger partial charge is 0.505 e. The number of nitro benzene ring substituents is 1. The van der Waals surface area contributed by atoms with Crippen molar-refractivity contribution in [3.05, 3.63) is 129 Å². The van der Waals surface area contributed by atoms with Gasteiger partial charge in [0.15, 0.2) is 5.69 Å². The highest BCUT2D eigenvalue weighted by atomic mass is 16.6. The molecule has 0 fully saturated rings. The third-order valence-corrected chi connectivity index (χ3v) is 6.54. The van der Waals surface area contributed by atoms with Gasteiger partial charge in [-0.1, -0.05) is 99.6 Å². The van der Waals surface area contributed by atoms with Crippen molar-refractivity contribution in [3.63, 3.8) is 0 Å². The normalized spacial score (nSPS) is 12.1. The fraction of sp³-hybridized carbons (Fsp3) is 0.200. The van der Waals surface area contributed by atoms with Gasteiger partial charge in [0.1, 0.15) is 11.4 Å². The van der Waals surface area contributed by atoms with E-state index in [1.54, 1.807) is 18.2 Å². The molecule has 4 rings (SSSR count). The van der Waals surface area contributed by atoms with Crippen LogP contribution in [-0.4, -0.2) is 10.0 Å². The van der Waals surface area contributed by atoms with Gasteiger partial charge in [-0.25, -0.2) is 0 Å². The molecule has 6 nitrogen and oxygen atoms in total. The summed E-state index contributed by atoms with van der Waals surface area (Å²) in [6.07, 6.45) is 0. The molecule has 0 saturated heterocycles. The van der Waals surface area contributed by atoms with Crippen LogP contribution in [0.5, 0.6) is 5.75 Å². The van der Waals surface area contributed by atoms with E-state index in [1.807, 2.05) is 66.7 Å². The first-order chi connectivity index (χ1) is 17.1. The molecule has 0 aliphatic heterocycles. The van der Waals surface area contributed by atoms with Crippen LogP contribution < -0.4 is 0 Å². The number of para-hydroxylation sites is 1. The molecule has 6 heteroatoms. The van der Waals surface area contributed by atoms with Crippen molar-refractivity contribution in [2.75, 3.05) is 0 Å². The summed E-state index contributed by atoms with van der Waals surface area (Å²) in [4.78, 5) is 10.9. The van der Waals surface area contributed by atoms with Crippen molar-refractivity contribution < 1.29 is 10.0 Å². The number of hydrogen-bond donors (Lipinski definition) is 1. The molecule has 1 N–H and O–H groups in total. The lowest BCUT2D eigenvalue weighted by molar-refractivity contribution is -0.384. The molecule has 0 atom stereocenters. The molecule has 0 radical (unpaired) electrons. The SMILES string of the molecule is CC(C)(C)c1cc(/N=N/c2ccccc2[N+](=O)[O-])c(O)c(C(C)(c2ccccc2)c2ccccc2)c1. The van der Waals surface area contributed by atoms with E-state index in [4.69, 9.17) is 0 Å². The highest BCUT2D eigenvalue weighted by Crippen LogP contribution is 2.48. The van der Waals surface area contributed by atoms with Gasteiger partial charge in [0.05, 0.1) is 4.92 Å². The summed E-state index contributed by atoms with van der Waals surface area (Å²) in [5, 5.41) is 31.5. The van der Waals surface area contributed by atoms with Crippen LogP contribution in [-0.2, 0) is 10.8 Å². The van der Waals surface area contributed by atoms with Crippen molar-refractivity contribution in [1.29, 1.82) is 0 Å². The Morgan fingerprint density at radius 3 is 1.72 bits per heavy atom. The topological polar surface area (TPSA) is 88.1 Å². The second-order valence-corrected chi connectivity index (χ2v) is 9.94. The fourth-order valence-corrected chi connectivity index (χ4v) is 4.34. The second-order valence-electron chi connectivity index (χ2n) is 9.94. The Labute approximate surface area is 211 Å². The molecule has 0 amide bonds. The summed E-state index contributed by atoms with van der Waals surface area (Å²) >= 11 is 0. The van der Waals surface area contributed by atoms with Crippen LogP contribution in [0, 0.1) is 10.1 Å². The minimum absolute atomic E-state index is 0.0134. The van der Waals surface area contributed by atoms with Gasteiger partial charge in [-0.2, -0.15) is 0 Å². The van der Waals surface area contributed by atoms with Crippen molar-refractivity contribution in [2.24, 2.45) is 10.2 Å². The van der Waals surface area contributed by atoms with Crippen LogP contribution >= 0.6 is 0 Å². The second kappa shape index (κ2) is 9.74. The van der Waals surface area contributed by atoms with Crippen LogP contribution in [0.25, 0.3) is 0 Å². The molecule has 0 heterocycles. The molecular formula is C30H29N3O3. The lowest BCUT2D eigenvalue weighted by Gasteiger charge is -2.34. The number of nitro groups is 1.